The molecule has 2 unspecified atom stereocenters. The first-order valence-corrected chi connectivity index (χ1v) is 10.3. The number of carbonyl (C=O) groups excluding carboxylic acids is 1. The van der Waals surface area contributed by atoms with E-state index in [0.29, 0.717) is 36.2 Å². The van der Waals surface area contributed by atoms with E-state index in [1.165, 1.54) is 19.3 Å². The molecule has 1 saturated carbocycles. The third kappa shape index (κ3) is 3.50. The van der Waals surface area contributed by atoms with Gasteiger partial charge in [-0.3, -0.25) is 4.79 Å². The van der Waals surface area contributed by atoms with Crippen LogP contribution in [0.2, 0.25) is 0 Å². The monoisotopic (exact) mass is 358 g/mol. The molecule has 4 atom stereocenters. The largest absolute Gasteiger partial charge is 0.508 e. The highest BCUT2D eigenvalue weighted by Crippen LogP contribution is 2.54. The van der Waals surface area contributed by atoms with E-state index in [1.807, 2.05) is 6.07 Å². The summed E-state index contributed by atoms with van der Waals surface area (Å²) < 4.78 is 6.39. The van der Waals surface area contributed by atoms with Crippen molar-refractivity contribution in [2.75, 3.05) is 0 Å². The fraction of sp³-hybridized carbons (Fsp3) is 0.696. The van der Waals surface area contributed by atoms with Crippen LogP contribution in [-0.4, -0.2) is 16.5 Å². The van der Waals surface area contributed by atoms with E-state index in [4.69, 9.17) is 4.74 Å². The average Bonchev–Trinajstić information content (AvgIpc) is 2.57. The van der Waals surface area contributed by atoms with Crippen LogP contribution in [0, 0.1) is 11.8 Å². The maximum absolute atomic E-state index is 12.1. The Morgan fingerprint density at radius 3 is 2.73 bits per heavy atom. The highest BCUT2D eigenvalue weighted by molar-refractivity contribution is 5.81. The van der Waals surface area contributed by atoms with Crippen molar-refractivity contribution in [1.82, 2.24) is 0 Å². The zero-order valence-corrected chi connectivity index (χ0v) is 17.0. The summed E-state index contributed by atoms with van der Waals surface area (Å²) in [5.74, 6) is 2.70. The molecular formula is C23H34O3. The number of phenolic OH excluding ortho intramolecular Hbond substituents is 1. The first-order chi connectivity index (χ1) is 12.2. The van der Waals surface area contributed by atoms with E-state index in [2.05, 4.69) is 40.7 Å². The highest BCUT2D eigenvalue weighted by Gasteiger charge is 2.47. The Kier molecular flexibility index (Phi) is 5.37. The van der Waals surface area contributed by atoms with E-state index in [0.717, 1.165) is 23.3 Å². The molecule has 1 aliphatic carbocycles. The van der Waals surface area contributed by atoms with E-state index >= 15 is 0 Å². The molecule has 0 amide bonds. The zero-order chi connectivity index (χ0) is 19.1. The van der Waals surface area contributed by atoms with Crippen molar-refractivity contribution in [1.29, 1.82) is 0 Å². The van der Waals surface area contributed by atoms with Crippen molar-refractivity contribution in [3.63, 3.8) is 0 Å². The molecule has 0 aromatic heterocycles. The summed E-state index contributed by atoms with van der Waals surface area (Å²) in [4.78, 5) is 12.1. The molecule has 1 N–H and O–H groups in total. The Labute approximate surface area is 158 Å². The number of carbonyl (C=O) groups is 1. The van der Waals surface area contributed by atoms with Crippen LogP contribution in [0.1, 0.15) is 96.1 Å². The van der Waals surface area contributed by atoms with Crippen LogP contribution in [0.25, 0.3) is 0 Å². The summed E-state index contributed by atoms with van der Waals surface area (Å²) in [7, 11) is 0. The molecule has 2 aliphatic rings. The Hall–Kier alpha value is -1.51. The lowest BCUT2D eigenvalue weighted by atomic mass is 9.66. The number of ether oxygens (including phenoxy) is 1. The number of benzene rings is 1. The van der Waals surface area contributed by atoms with Gasteiger partial charge in [0.25, 0.3) is 0 Å². The van der Waals surface area contributed by atoms with Gasteiger partial charge in [-0.25, -0.2) is 0 Å². The highest BCUT2D eigenvalue weighted by atomic mass is 16.5. The van der Waals surface area contributed by atoms with Gasteiger partial charge in [0.05, 0.1) is 0 Å². The number of phenols is 1. The predicted octanol–water partition coefficient (Wildman–Crippen LogP) is 5.95. The van der Waals surface area contributed by atoms with Gasteiger partial charge in [-0.2, -0.15) is 0 Å². The normalized spacial score (nSPS) is 26.4. The summed E-state index contributed by atoms with van der Waals surface area (Å²) in [5, 5.41) is 10.8. The quantitative estimate of drug-likeness (QED) is 0.708. The van der Waals surface area contributed by atoms with E-state index in [1.54, 1.807) is 0 Å². The van der Waals surface area contributed by atoms with Crippen molar-refractivity contribution in [3.05, 3.63) is 23.3 Å². The molecule has 1 aromatic carbocycles. The second-order valence-corrected chi connectivity index (χ2v) is 9.06. The lowest BCUT2D eigenvalue weighted by Crippen LogP contribution is -2.47. The number of unbranched alkanes of at least 4 members (excludes halogenated alkanes) is 1. The smallest absolute Gasteiger partial charge is 0.133 e. The van der Waals surface area contributed by atoms with Gasteiger partial charge in [0.1, 0.15) is 22.9 Å². The van der Waals surface area contributed by atoms with Gasteiger partial charge in [-0.05, 0) is 49.8 Å². The zero-order valence-electron chi connectivity index (χ0n) is 17.0. The van der Waals surface area contributed by atoms with Crippen molar-refractivity contribution in [2.24, 2.45) is 11.8 Å². The number of rotatable bonds is 5. The summed E-state index contributed by atoms with van der Waals surface area (Å²) in [6.45, 7) is 11.0. The fourth-order valence-corrected chi connectivity index (χ4v) is 4.96. The topological polar surface area (TPSA) is 46.5 Å². The Morgan fingerprint density at radius 2 is 2.04 bits per heavy atom. The summed E-state index contributed by atoms with van der Waals surface area (Å²) in [6.07, 6.45) is 5.65. The Morgan fingerprint density at radius 1 is 1.31 bits per heavy atom. The molecule has 144 valence electrons. The van der Waals surface area contributed by atoms with Crippen molar-refractivity contribution >= 4 is 5.78 Å². The summed E-state index contributed by atoms with van der Waals surface area (Å²) >= 11 is 0. The molecule has 3 heteroatoms. The molecule has 26 heavy (non-hydrogen) atoms. The number of aromatic hydroxyl groups is 1. The number of fused-ring (bicyclic) bond motifs is 3. The molecular weight excluding hydrogens is 324 g/mol. The molecule has 1 fully saturated rings. The third-order valence-electron chi connectivity index (χ3n) is 6.84. The minimum atomic E-state index is -0.305. The maximum atomic E-state index is 12.1. The lowest BCUT2D eigenvalue weighted by Gasteiger charge is -2.47. The molecule has 0 saturated heterocycles. The van der Waals surface area contributed by atoms with Crippen molar-refractivity contribution < 1.29 is 14.6 Å². The number of hydrogen-bond donors (Lipinski definition) is 1. The standard InChI is InChI=1S/C23H34O3/c1-6-7-8-14(2)15(3)16-11-20(25)22-18-13-17(24)9-10-19(18)23(4,5)26-21(22)12-16/h11-12,14-15,18-19,25H,6-10,13H2,1-5H3/t14?,15?,18-,19-/m1/s1. The van der Waals surface area contributed by atoms with Crippen LogP contribution in [0.4, 0.5) is 0 Å². The first kappa shape index (κ1) is 19.3. The van der Waals surface area contributed by atoms with Gasteiger partial charge in [0.2, 0.25) is 0 Å². The van der Waals surface area contributed by atoms with Gasteiger partial charge in [0.15, 0.2) is 0 Å². The van der Waals surface area contributed by atoms with Gasteiger partial charge >= 0.3 is 0 Å². The van der Waals surface area contributed by atoms with Gasteiger partial charge in [0, 0.05) is 30.2 Å². The second kappa shape index (κ2) is 7.25. The lowest BCUT2D eigenvalue weighted by molar-refractivity contribution is -0.124. The van der Waals surface area contributed by atoms with Gasteiger partial charge in [-0.1, -0.05) is 40.0 Å². The second-order valence-electron chi connectivity index (χ2n) is 9.06. The Balaban J connectivity index is 1.96. The summed E-state index contributed by atoms with van der Waals surface area (Å²) in [6, 6.07) is 4.04. The minimum absolute atomic E-state index is 0.0804. The van der Waals surface area contributed by atoms with Crippen molar-refractivity contribution in [3.8, 4) is 11.5 Å². The van der Waals surface area contributed by atoms with Crippen molar-refractivity contribution in [2.45, 2.75) is 90.6 Å². The SMILES string of the molecule is CCCCC(C)C(C)c1cc(O)c2c(c1)OC(C)(C)[C@@H]1CCC(=O)C[C@@H]21. The predicted molar refractivity (Wildman–Crippen MR) is 105 cm³/mol. The van der Waals surface area contributed by atoms with Gasteiger partial charge in [-0.15, -0.1) is 0 Å². The minimum Gasteiger partial charge on any atom is -0.508 e. The summed E-state index contributed by atoms with van der Waals surface area (Å²) in [5.41, 5.74) is 1.70. The van der Waals surface area contributed by atoms with Crippen LogP contribution in [0.15, 0.2) is 12.1 Å². The van der Waals surface area contributed by atoms with E-state index in [-0.39, 0.29) is 17.4 Å². The van der Waals surface area contributed by atoms with Gasteiger partial charge < -0.3 is 9.84 Å². The first-order valence-electron chi connectivity index (χ1n) is 10.3. The molecule has 1 aromatic rings. The van der Waals surface area contributed by atoms with E-state index in [9.17, 15) is 9.90 Å². The number of Topliss-reactive ketones (excluding diaryl/α,β-unsaturated/α-hetero) is 1. The molecule has 0 bridgehead atoms. The van der Waals surface area contributed by atoms with Crippen LogP contribution in [0.3, 0.4) is 0 Å². The van der Waals surface area contributed by atoms with Crippen LogP contribution < -0.4 is 4.74 Å². The average molecular weight is 359 g/mol. The molecule has 3 rings (SSSR count). The van der Waals surface area contributed by atoms with E-state index < -0.39 is 0 Å². The molecule has 1 aliphatic heterocycles. The molecule has 0 radical (unpaired) electrons. The maximum Gasteiger partial charge on any atom is 0.133 e. The number of hydrogen-bond acceptors (Lipinski definition) is 3. The molecule has 0 spiro atoms. The number of ketones is 1. The Bertz CT molecular complexity index is 676. The molecule has 3 nitrogen and oxygen atoms in total. The van der Waals surface area contributed by atoms with Crippen LogP contribution >= 0.6 is 0 Å². The third-order valence-corrected chi connectivity index (χ3v) is 6.84. The van der Waals surface area contributed by atoms with Crippen LogP contribution in [-0.2, 0) is 4.79 Å². The molecule has 1 heterocycles. The van der Waals surface area contributed by atoms with Crippen LogP contribution in [0.5, 0.6) is 11.5 Å². The fourth-order valence-electron chi connectivity index (χ4n) is 4.96.